The highest BCUT2D eigenvalue weighted by Crippen LogP contribution is 2.35. The number of phenolic OH excluding ortho intramolecular Hbond substituents is 4. The number of hydrogen-bond donors (Lipinski definition) is 4. The van der Waals surface area contributed by atoms with E-state index in [4.69, 9.17) is 8.83 Å². The largest absolute Gasteiger partial charge is 0.508 e. The number of furan rings is 2. The molecule has 0 fully saturated rings. The fourth-order valence-electron chi connectivity index (χ4n) is 2.56. The van der Waals surface area contributed by atoms with Gasteiger partial charge in [-0.05, 0) is 12.1 Å². The van der Waals surface area contributed by atoms with E-state index >= 15 is 0 Å². The van der Waals surface area contributed by atoms with Crippen LogP contribution < -0.4 is 0 Å². The van der Waals surface area contributed by atoms with Crippen LogP contribution in [0.4, 0.5) is 0 Å². The summed E-state index contributed by atoms with van der Waals surface area (Å²) in [6.45, 7) is 0. The summed E-state index contributed by atoms with van der Waals surface area (Å²) in [5.74, 6) is -1.66. The second kappa shape index (κ2) is 4.69. The molecule has 0 saturated carbocycles. The smallest absolute Gasteiger partial charge is 0.263 e. The molecular weight excluding hydrogens is 316 g/mol. The van der Waals surface area contributed by atoms with Crippen molar-refractivity contribution >= 4 is 27.7 Å². The van der Waals surface area contributed by atoms with E-state index in [2.05, 4.69) is 0 Å². The Bertz CT molecular complexity index is 1030. The summed E-state index contributed by atoms with van der Waals surface area (Å²) in [5, 5.41) is 39.0. The Balaban J connectivity index is 1.84. The minimum absolute atomic E-state index is 0.103. The van der Waals surface area contributed by atoms with Crippen LogP contribution in [0.5, 0.6) is 23.0 Å². The number of aromatic hydroxyl groups is 4. The van der Waals surface area contributed by atoms with Crippen molar-refractivity contribution in [3.05, 3.63) is 47.9 Å². The lowest BCUT2D eigenvalue weighted by Crippen LogP contribution is -1.96. The Kier molecular flexibility index (Phi) is 2.74. The van der Waals surface area contributed by atoms with Gasteiger partial charge in [-0.2, -0.15) is 0 Å². The van der Waals surface area contributed by atoms with Gasteiger partial charge in [0, 0.05) is 24.3 Å². The molecule has 0 atom stereocenters. The SMILES string of the molecule is O=C(c1cc2c(O)cc(O)cc2o1)c1cc2c(O)cc(O)cc2o1. The lowest BCUT2D eigenvalue weighted by atomic mass is 10.1. The summed E-state index contributed by atoms with van der Waals surface area (Å²) in [6.07, 6.45) is 0. The van der Waals surface area contributed by atoms with Crippen molar-refractivity contribution in [2.24, 2.45) is 0 Å². The molecule has 0 aliphatic heterocycles. The summed E-state index contributed by atoms with van der Waals surface area (Å²) in [4.78, 5) is 12.5. The second-order valence-electron chi connectivity index (χ2n) is 5.30. The average molecular weight is 326 g/mol. The first-order chi connectivity index (χ1) is 11.4. The number of hydrogen-bond acceptors (Lipinski definition) is 7. The van der Waals surface area contributed by atoms with Gasteiger partial charge >= 0.3 is 0 Å². The highest BCUT2D eigenvalue weighted by molar-refractivity contribution is 6.10. The molecule has 7 nitrogen and oxygen atoms in total. The first-order valence-electron chi connectivity index (χ1n) is 6.88. The Morgan fingerprint density at radius 2 is 1.08 bits per heavy atom. The van der Waals surface area contributed by atoms with Gasteiger partial charge < -0.3 is 29.3 Å². The monoisotopic (exact) mass is 326 g/mol. The van der Waals surface area contributed by atoms with Crippen molar-refractivity contribution in [3.8, 4) is 23.0 Å². The molecule has 0 unspecified atom stereocenters. The van der Waals surface area contributed by atoms with Crippen LogP contribution in [-0.2, 0) is 0 Å². The number of ketones is 1. The first kappa shape index (κ1) is 14.0. The van der Waals surface area contributed by atoms with Crippen molar-refractivity contribution in [3.63, 3.8) is 0 Å². The van der Waals surface area contributed by atoms with Crippen molar-refractivity contribution in [1.82, 2.24) is 0 Å². The molecule has 0 radical (unpaired) electrons. The molecule has 24 heavy (non-hydrogen) atoms. The number of benzene rings is 2. The Labute approximate surface area is 133 Å². The van der Waals surface area contributed by atoms with Gasteiger partial charge in [0.2, 0.25) is 0 Å². The van der Waals surface area contributed by atoms with Gasteiger partial charge in [-0.1, -0.05) is 0 Å². The first-order valence-corrected chi connectivity index (χ1v) is 6.88. The molecule has 0 bridgehead atoms. The maximum absolute atomic E-state index is 12.5. The summed E-state index contributed by atoms with van der Waals surface area (Å²) in [5.41, 5.74) is 0.292. The van der Waals surface area contributed by atoms with Crippen molar-refractivity contribution in [2.75, 3.05) is 0 Å². The molecule has 0 amide bonds. The van der Waals surface area contributed by atoms with Crippen molar-refractivity contribution in [2.45, 2.75) is 0 Å². The third kappa shape index (κ3) is 2.03. The van der Waals surface area contributed by atoms with Crippen LogP contribution in [0.3, 0.4) is 0 Å². The predicted octanol–water partition coefficient (Wildman–Crippen LogP) is 3.23. The highest BCUT2D eigenvalue weighted by atomic mass is 16.4. The normalized spacial score (nSPS) is 11.3. The Morgan fingerprint density at radius 1 is 0.667 bits per heavy atom. The second-order valence-corrected chi connectivity index (χ2v) is 5.30. The molecule has 7 heteroatoms. The van der Waals surface area contributed by atoms with Crippen LogP contribution in [0.1, 0.15) is 16.3 Å². The van der Waals surface area contributed by atoms with E-state index in [9.17, 15) is 25.2 Å². The summed E-state index contributed by atoms with van der Waals surface area (Å²) in [7, 11) is 0. The maximum Gasteiger partial charge on any atom is 0.263 e. The van der Waals surface area contributed by atoms with E-state index in [0.717, 1.165) is 12.1 Å². The Hall–Kier alpha value is -3.61. The van der Waals surface area contributed by atoms with Crippen LogP contribution in [0, 0.1) is 0 Å². The Morgan fingerprint density at radius 3 is 1.50 bits per heavy atom. The number of fused-ring (bicyclic) bond motifs is 2. The molecule has 2 aromatic heterocycles. The number of phenols is 4. The molecule has 4 aromatic rings. The molecule has 0 aliphatic rings. The fraction of sp³-hybridized carbons (Fsp3) is 0. The predicted molar refractivity (Wildman–Crippen MR) is 82.5 cm³/mol. The molecule has 4 N–H and O–H groups in total. The van der Waals surface area contributed by atoms with Gasteiger partial charge in [0.05, 0.1) is 10.8 Å². The van der Waals surface area contributed by atoms with Gasteiger partial charge in [0.15, 0.2) is 11.5 Å². The molecule has 2 heterocycles. The molecule has 4 rings (SSSR count). The number of rotatable bonds is 2. The molecule has 0 aliphatic carbocycles. The zero-order valence-corrected chi connectivity index (χ0v) is 12.0. The third-order valence-corrected chi connectivity index (χ3v) is 3.65. The standard InChI is InChI=1S/C17H10O7/c18-7-1-11(20)9-5-15(23-13(9)3-7)17(22)16-6-10-12(21)2-8(19)4-14(10)24-16/h1-6,18-21H. The maximum atomic E-state index is 12.5. The van der Waals surface area contributed by atoms with Gasteiger partial charge in [0.25, 0.3) is 5.78 Å². The van der Waals surface area contributed by atoms with Crippen LogP contribution in [0.15, 0.2) is 45.2 Å². The lowest BCUT2D eigenvalue weighted by molar-refractivity contribution is 0.0987. The zero-order chi connectivity index (χ0) is 17.0. The number of carbonyl (C=O) groups is 1. The minimum Gasteiger partial charge on any atom is -0.508 e. The van der Waals surface area contributed by atoms with E-state index in [1.807, 2.05) is 0 Å². The van der Waals surface area contributed by atoms with E-state index < -0.39 is 5.78 Å². The van der Waals surface area contributed by atoms with Gasteiger partial charge in [-0.25, -0.2) is 0 Å². The third-order valence-electron chi connectivity index (χ3n) is 3.65. The molecule has 120 valence electrons. The van der Waals surface area contributed by atoms with E-state index in [-0.39, 0.29) is 56.5 Å². The minimum atomic E-state index is -0.611. The van der Waals surface area contributed by atoms with Crippen molar-refractivity contribution in [1.29, 1.82) is 0 Å². The van der Waals surface area contributed by atoms with Crippen molar-refractivity contribution < 1.29 is 34.1 Å². The van der Waals surface area contributed by atoms with Gasteiger partial charge in [-0.3, -0.25) is 4.79 Å². The van der Waals surface area contributed by atoms with Crippen LogP contribution in [-0.4, -0.2) is 26.2 Å². The molecule has 0 saturated heterocycles. The van der Waals surface area contributed by atoms with Gasteiger partial charge in [0.1, 0.15) is 34.2 Å². The van der Waals surface area contributed by atoms with Crippen LogP contribution in [0.25, 0.3) is 21.9 Å². The van der Waals surface area contributed by atoms with E-state index in [1.54, 1.807) is 0 Å². The van der Waals surface area contributed by atoms with E-state index in [0.29, 0.717) is 0 Å². The fourth-order valence-corrected chi connectivity index (χ4v) is 2.56. The molecule has 0 spiro atoms. The average Bonchev–Trinajstić information content (AvgIpc) is 3.10. The topological polar surface area (TPSA) is 124 Å². The summed E-state index contributed by atoms with van der Waals surface area (Å²) < 4.78 is 10.7. The summed E-state index contributed by atoms with van der Waals surface area (Å²) in [6, 6.07) is 7.47. The quantitative estimate of drug-likeness (QED) is 0.417. The lowest BCUT2D eigenvalue weighted by Gasteiger charge is -1.94. The zero-order valence-electron chi connectivity index (χ0n) is 12.0. The van der Waals surface area contributed by atoms with Gasteiger partial charge in [-0.15, -0.1) is 0 Å². The highest BCUT2D eigenvalue weighted by Gasteiger charge is 2.21. The van der Waals surface area contributed by atoms with Crippen LogP contribution in [0.2, 0.25) is 0 Å². The molecule has 2 aromatic carbocycles. The summed E-state index contributed by atoms with van der Waals surface area (Å²) >= 11 is 0. The molecular formula is C17H10O7. The van der Waals surface area contributed by atoms with Crippen LogP contribution >= 0.6 is 0 Å². The van der Waals surface area contributed by atoms with E-state index in [1.165, 1.54) is 24.3 Å². The number of carbonyl (C=O) groups excluding carboxylic acids is 1.